The molecule has 20 heavy (non-hydrogen) atoms. The van der Waals surface area contributed by atoms with Gasteiger partial charge in [0.25, 0.3) is 0 Å². The van der Waals surface area contributed by atoms with E-state index in [1.54, 1.807) is 0 Å². The van der Waals surface area contributed by atoms with Crippen molar-refractivity contribution >= 4 is 23.1 Å². The highest BCUT2D eigenvalue weighted by atomic mass is 32.1. The van der Waals surface area contributed by atoms with E-state index in [0.29, 0.717) is 11.5 Å². The van der Waals surface area contributed by atoms with Crippen LogP contribution in [0.1, 0.15) is 55.3 Å². The number of Topliss-reactive ketones (excluding diaryl/α,β-unsaturated/α-hetero) is 1. The minimum atomic E-state index is 0.256. The molecular weight excluding hydrogens is 268 g/mol. The first kappa shape index (κ1) is 16.6. The summed E-state index contributed by atoms with van der Waals surface area (Å²) in [5, 5.41) is 3.32. The molecule has 0 aliphatic carbocycles. The molecule has 110 valence electrons. The summed E-state index contributed by atoms with van der Waals surface area (Å²) < 4.78 is 0. The van der Waals surface area contributed by atoms with Crippen LogP contribution in [-0.2, 0) is 0 Å². The lowest BCUT2D eigenvalue weighted by molar-refractivity contribution is 0.0979. The molecule has 0 unspecified atom stereocenters. The number of rotatable bonds is 10. The fraction of sp³-hybridized carbons (Fsp3) is 0.500. The van der Waals surface area contributed by atoms with E-state index >= 15 is 0 Å². The molecule has 0 fully saturated rings. The van der Waals surface area contributed by atoms with Gasteiger partial charge in [-0.3, -0.25) is 4.79 Å². The minimum Gasteiger partial charge on any atom is -0.376 e. The maximum atomic E-state index is 11.9. The lowest BCUT2D eigenvalue weighted by Crippen LogP contribution is -2.29. The van der Waals surface area contributed by atoms with E-state index < -0.39 is 0 Å². The Kier molecular flexibility index (Phi) is 8.63. The smallest absolute Gasteiger partial charge is 0.163 e. The van der Waals surface area contributed by atoms with E-state index in [1.807, 2.05) is 30.3 Å². The fourth-order valence-electron chi connectivity index (χ4n) is 2.10. The van der Waals surface area contributed by atoms with Crippen molar-refractivity contribution in [2.45, 2.75) is 44.9 Å². The Morgan fingerprint density at radius 2 is 1.60 bits per heavy atom. The number of nitrogens with two attached hydrogens (primary N) is 1. The number of ketones is 1. The third-order valence-corrected chi connectivity index (χ3v) is 3.37. The molecule has 0 aliphatic rings. The SMILES string of the molecule is NC(=S)NCCCCCCCCC(=O)c1ccccc1. The molecule has 0 bridgehead atoms. The molecule has 1 aromatic rings. The highest BCUT2D eigenvalue weighted by Gasteiger charge is 2.03. The van der Waals surface area contributed by atoms with Crippen LogP contribution in [0.15, 0.2) is 30.3 Å². The fourth-order valence-corrected chi connectivity index (χ4v) is 2.20. The highest BCUT2D eigenvalue weighted by molar-refractivity contribution is 7.80. The number of carbonyl (C=O) groups is 1. The number of carbonyl (C=O) groups excluding carboxylic acids is 1. The Morgan fingerprint density at radius 3 is 2.25 bits per heavy atom. The molecule has 3 N–H and O–H groups in total. The van der Waals surface area contributed by atoms with Gasteiger partial charge in [-0.25, -0.2) is 0 Å². The van der Waals surface area contributed by atoms with Crippen LogP contribution in [0.5, 0.6) is 0 Å². The largest absolute Gasteiger partial charge is 0.376 e. The average Bonchev–Trinajstić information content (AvgIpc) is 2.46. The van der Waals surface area contributed by atoms with Crippen molar-refractivity contribution in [2.75, 3.05) is 6.54 Å². The van der Waals surface area contributed by atoms with Gasteiger partial charge in [-0.15, -0.1) is 0 Å². The average molecular weight is 292 g/mol. The molecule has 0 saturated carbocycles. The third-order valence-electron chi connectivity index (χ3n) is 3.23. The number of thiocarbonyl (C=S) groups is 1. The van der Waals surface area contributed by atoms with Crippen LogP contribution in [0.3, 0.4) is 0 Å². The second-order valence-electron chi connectivity index (χ2n) is 4.95. The van der Waals surface area contributed by atoms with Crippen LogP contribution in [-0.4, -0.2) is 17.4 Å². The van der Waals surface area contributed by atoms with Crippen LogP contribution < -0.4 is 11.1 Å². The number of benzene rings is 1. The van der Waals surface area contributed by atoms with E-state index in [-0.39, 0.29) is 5.78 Å². The molecular formula is C16H24N2OS. The zero-order chi connectivity index (χ0) is 14.6. The summed E-state index contributed by atoms with van der Waals surface area (Å²) in [6, 6.07) is 9.53. The van der Waals surface area contributed by atoms with E-state index in [2.05, 4.69) is 5.32 Å². The quantitative estimate of drug-likeness (QED) is 0.394. The summed E-state index contributed by atoms with van der Waals surface area (Å²) in [7, 11) is 0. The van der Waals surface area contributed by atoms with Crippen molar-refractivity contribution in [2.24, 2.45) is 5.73 Å². The van der Waals surface area contributed by atoms with Gasteiger partial charge >= 0.3 is 0 Å². The highest BCUT2D eigenvalue weighted by Crippen LogP contribution is 2.10. The number of hydrogen-bond acceptors (Lipinski definition) is 2. The standard InChI is InChI=1S/C16H24N2OS/c17-16(20)18-13-9-4-2-1-3-8-12-15(19)14-10-6-5-7-11-14/h5-7,10-11H,1-4,8-9,12-13H2,(H3,17,18,20). The zero-order valence-electron chi connectivity index (χ0n) is 11.9. The van der Waals surface area contributed by atoms with Gasteiger partial charge in [0.2, 0.25) is 0 Å². The zero-order valence-corrected chi connectivity index (χ0v) is 12.8. The first-order valence-electron chi connectivity index (χ1n) is 7.31. The maximum absolute atomic E-state index is 11.9. The van der Waals surface area contributed by atoms with Crippen molar-refractivity contribution in [1.29, 1.82) is 0 Å². The summed E-state index contributed by atoms with van der Waals surface area (Å²) >= 11 is 4.73. The lowest BCUT2D eigenvalue weighted by Gasteiger charge is -2.04. The van der Waals surface area contributed by atoms with Crippen molar-refractivity contribution < 1.29 is 4.79 Å². The van der Waals surface area contributed by atoms with Crippen LogP contribution in [0.4, 0.5) is 0 Å². The first-order valence-corrected chi connectivity index (χ1v) is 7.72. The van der Waals surface area contributed by atoms with Gasteiger partial charge in [0.15, 0.2) is 10.9 Å². The Morgan fingerprint density at radius 1 is 1.00 bits per heavy atom. The van der Waals surface area contributed by atoms with Gasteiger partial charge in [-0.05, 0) is 25.1 Å². The summed E-state index contributed by atoms with van der Waals surface area (Å²) in [5.41, 5.74) is 6.17. The molecule has 0 atom stereocenters. The molecule has 0 radical (unpaired) electrons. The van der Waals surface area contributed by atoms with E-state index in [4.69, 9.17) is 18.0 Å². The van der Waals surface area contributed by atoms with Gasteiger partial charge < -0.3 is 11.1 Å². The summed E-state index contributed by atoms with van der Waals surface area (Å²) in [6.45, 7) is 0.863. The molecule has 4 heteroatoms. The van der Waals surface area contributed by atoms with Crippen LogP contribution in [0, 0.1) is 0 Å². The van der Waals surface area contributed by atoms with Crippen LogP contribution >= 0.6 is 12.2 Å². The first-order chi connectivity index (χ1) is 9.70. The van der Waals surface area contributed by atoms with E-state index in [0.717, 1.165) is 31.4 Å². The molecule has 0 saturated heterocycles. The normalized spacial score (nSPS) is 10.2. The maximum Gasteiger partial charge on any atom is 0.163 e. The molecule has 1 aromatic carbocycles. The van der Waals surface area contributed by atoms with Crippen molar-refractivity contribution in [1.82, 2.24) is 5.32 Å². The molecule has 0 amide bonds. The Hall–Kier alpha value is -1.42. The molecule has 1 rings (SSSR count). The number of unbranched alkanes of at least 4 members (excludes halogenated alkanes) is 5. The summed E-state index contributed by atoms with van der Waals surface area (Å²) in [5.74, 6) is 0.256. The van der Waals surface area contributed by atoms with Gasteiger partial charge in [0.05, 0.1) is 0 Å². The second kappa shape index (κ2) is 10.4. The topological polar surface area (TPSA) is 55.1 Å². The van der Waals surface area contributed by atoms with Gasteiger partial charge in [0.1, 0.15) is 0 Å². The Bertz CT molecular complexity index is 406. The van der Waals surface area contributed by atoms with Gasteiger partial charge in [-0.2, -0.15) is 0 Å². The molecule has 0 spiro atoms. The van der Waals surface area contributed by atoms with Gasteiger partial charge in [0, 0.05) is 18.5 Å². The number of nitrogens with one attached hydrogen (secondary N) is 1. The second-order valence-corrected chi connectivity index (χ2v) is 5.39. The lowest BCUT2D eigenvalue weighted by atomic mass is 10.0. The van der Waals surface area contributed by atoms with Crippen LogP contribution in [0.25, 0.3) is 0 Å². The summed E-state index contributed by atoms with van der Waals surface area (Å²) in [4.78, 5) is 11.9. The molecule has 0 aliphatic heterocycles. The van der Waals surface area contributed by atoms with E-state index in [1.165, 1.54) is 19.3 Å². The predicted molar refractivity (Wildman–Crippen MR) is 87.9 cm³/mol. The van der Waals surface area contributed by atoms with Crippen LogP contribution in [0.2, 0.25) is 0 Å². The Labute approximate surface area is 126 Å². The molecule has 0 aromatic heterocycles. The predicted octanol–water partition coefficient (Wildman–Crippen LogP) is 3.43. The van der Waals surface area contributed by atoms with Crippen molar-refractivity contribution in [3.05, 3.63) is 35.9 Å². The van der Waals surface area contributed by atoms with Crippen molar-refractivity contribution in [3.8, 4) is 0 Å². The van der Waals surface area contributed by atoms with Crippen molar-refractivity contribution in [3.63, 3.8) is 0 Å². The summed E-state index contributed by atoms with van der Waals surface area (Å²) in [6.07, 6.45) is 7.45. The van der Waals surface area contributed by atoms with Gasteiger partial charge in [-0.1, -0.05) is 56.0 Å². The molecule has 3 nitrogen and oxygen atoms in total. The van der Waals surface area contributed by atoms with E-state index in [9.17, 15) is 4.79 Å². The minimum absolute atomic E-state index is 0.256. The number of hydrogen-bond donors (Lipinski definition) is 2. The molecule has 0 heterocycles. The monoisotopic (exact) mass is 292 g/mol. The third kappa shape index (κ3) is 7.89. The Balaban J connectivity index is 1.95.